The zero-order valence-electron chi connectivity index (χ0n) is 4.24. The number of thiazole rings is 1. The number of carbonyl (C=O) groups is 1. The number of nitrogens with zero attached hydrogens (tertiary/aromatic N) is 1. The van der Waals surface area contributed by atoms with E-state index in [0.29, 0.717) is 5.03 Å². The molecule has 0 aliphatic rings. The summed E-state index contributed by atoms with van der Waals surface area (Å²) in [5, 5.41) is 10.4. The third kappa shape index (κ3) is 1.43. The third-order valence-electron chi connectivity index (χ3n) is 0.675. The van der Waals surface area contributed by atoms with Crippen molar-refractivity contribution in [1.82, 2.24) is 4.98 Å². The Labute approximate surface area is 60.8 Å². The van der Waals surface area contributed by atoms with Gasteiger partial charge in [0.25, 0.3) is 0 Å². The van der Waals surface area contributed by atoms with Crippen LogP contribution in [0, 0.1) is 0 Å². The summed E-state index contributed by atoms with van der Waals surface area (Å²) in [5.74, 6) is -1.000. The van der Waals surface area contributed by atoms with Crippen LogP contribution in [0.4, 0.5) is 0 Å². The molecule has 0 amide bonds. The molecule has 0 radical (unpaired) electrons. The Morgan fingerprint density at radius 1 is 1.89 bits per heavy atom. The zero-order valence-corrected chi connectivity index (χ0v) is 5.95. The van der Waals surface area contributed by atoms with E-state index in [2.05, 4.69) is 17.6 Å². The van der Waals surface area contributed by atoms with E-state index in [1.54, 1.807) is 5.38 Å². The molecule has 0 spiro atoms. The molecule has 1 aromatic heterocycles. The molecule has 1 N–H and O–H groups in total. The molecule has 0 saturated carbocycles. The molecule has 0 aliphatic carbocycles. The molecule has 5 heteroatoms. The highest BCUT2D eigenvalue weighted by atomic mass is 32.1. The summed E-state index contributed by atoms with van der Waals surface area (Å²) in [6.07, 6.45) is 0. The van der Waals surface area contributed by atoms with E-state index < -0.39 is 5.97 Å². The van der Waals surface area contributed by atoms with Crippen molar-refractivity contribution in [3.63, 3.8) is 0 Å². The van der Waals surface area contributed by atoms with Crippen molar-refractivity contribution >= 4 is 29.9 Å². The summed E-state index contributed by atoms with van der Waals surface area (Å²) in [6, 6.07) is 0. The first-order chi connectivity index (χ1) is 4.20. The second-order valence-electron chi connectivity index (χ2n) is 1.32. The number of aromatic carboxylic acids is 1. The maximum Gasteiger partial charge on any atom is 0.365 e. The molecular weight excluding hydrogens is 158 g/mol. The number of carboxylic acids is 1. The Bertz CT molecular complexity index is 232. The van der Waals surface area contributed by atoms with Gasteiger partial charge in [-0.15, -0.1) is 24.0 Å². The van der Waals surface area contributed by atoms with E-state index in [9.17, 15) is 4.79 Å². The number of carboxylic acid groups (broad SMARTS) is 1. The third-order valence-corrected chi connectivity index (χ3v) is 1.91. The highest BCUT2D eigenvalue weighted by Crippen LogP contribution is 2.11. The van der Waals surface area contributed by atoms with Crippen molar-refractivity contribution in [3.05, 3.63) is 10.4 Å². The fraction of sp³-hybridized carbons (Fsp3) is 0. The minimum Gasteiger partial charge on any atom is -0.476 e. The lowest BCUT2D eigenvalue weighted by molar-refractivity contribution is 0.0696. The fourth-order valence-corrected chi connectivity index (χ4v) is 1.21. The van der Waals surface area contributed by atoms with E-state index in [1.807, 2.05) is 0 Å². The molecule has 0 unspecified atom stereocenters. The molecule has 1 aromatic rings. The van der Waals surface area contributed by atoms with E-state index >= 15 is 0 Å². The van der Waals surface area contributed by atoms with Crippen LogP contribution in [-0.2, 0) is 0 Å². The number of thiol groups is 1. The molecule has 1 heterocycles. The van der Waals surface area contributed by atoms with Gasteiger partial charge in [-0.1, -0.05) is 0 Å². The topological polar surface area (TPSA) is 50.2 Å². The van der Waals surface area contributed by atoms with Crippen LogP contribution in [0.2, 0.25) is 0 Å². The van der Waals surface area contributed by atoms with Gasteiger partial charge < -0.3 is 5.11 Å². The van der Waals surface area contributed by atoms with Crippen LogP contribution in [0.15, 0.2) is 10.4 Å². The van der Waals surface area contributed by atoms with E-state index in [1.165, 1.54) is 0 Å². The van der Waals surface area contributed by atoms with Crippen LogP contribution >= 0.6 is 24.0 Å². The van der Waals surface area contributed by atoms with Gasteiger partial charge >= 0.3 is 5.97 Å². The van der Waals surface area contributed by atoms with Gasteiger partial charge in [0.2, 0.25) is 5.01 Å². The minimum absolute atomic E-state index is 0.0833. The largest absolute Gasteiger partial charge is 0.476 e. The van der Waals surface area contributed by atoms with E-state index in [4.69, 9.17) is 5.11 Å². The summed E-state index contributed by atoms with van der Waals surface area (Å²) in [7, 11) is 0. The first-order valence-corrected chi connectivity index (χ1v) is 3.40. The second kappa shape index (κ2) is 2.36. The summed E-state index contributed by atoms with van der Waals surface area (Å²) in [4.78, 5) is 13.7. The quantitative estimate of drug-likeness (QED) is 0.607. The van der Waals surface area contributed by atoms with E-state index in [0.717, 1.165) is 11.3 Å². The van der Waals surface area contributed by atoms with E-state index in [-0.39, 0.29) is 5.01 Å². The van der Waals surface area contributed by atoms with Crippen LogP contribution in [0.3, 0.4) is 0 Å². The van der Waals surface area contributed by atoms with Gasteiger partial charge in [-0.25, -0.2) is 9.78 Å². The first-order valence-electron chi connectivity index (χ1n) is 2.08. The summed E-state index contributed by atoms with van der Waals surface area (Å²) in [5.41, 5.74) is 0. The molecule has 0 aliphatic heterocycles. The SMILES string of the molecule is O=C(O)c1nc(S)cs1. The van der Waals surface area contributed by atoms with Crippen molar-refractivity contribution < 1.29 is 9.90 Å². The molecule has 0 aromatic carbocycles. The fourth-order valence-electron chi connectivity index (χ4n) is 0.363. The van der Waals surface area contributed by atoms with Gasteiger partial charge in [-0.3, -0.25) is 0 Å². The molecular formula is C4H3NO2S2. The van der Waals surface area contributed by atoms with Gasteiger partial charge in [-0.05, 0) is 0 Å². The van der Waals surface area contributed by atoms with Crippen LogP contribution in [0.5, 0.6) is 0 Å². The molecule has 0 fully saturated rings. The monoisotopic (exact) mass is 161 g/mol. The van der Waals surface area contributed by atoms with Crippen LogP contribution < -0.4 is 0 Å². The predicted octanol–water partition coefficient (Wildman–Crippen LogP) is 1.13. The van der Waals surface area contributed by atoms with Gasteiger partial charge in [0.05, 0.1) is 0 Å². The number of hydrogen-bond acceptors (Lipinski definition) is 4. The maximum atomic E-state index is 10.1. The molecule has 0 saturated heterocycles. The van der Waals surface area contributed by atoms with Crippen molar-refractivity contribution in [3.8, 4) is 0 Å². The molecule has 0 bridgehead atoms. The maximum absolute atomic E-state index is 10.1. The van der Waals surface area contributed by atoms with Crippen molar-refractivity contribution in [2.45, 2.75) is 5.03 Å². The molecule has 9 heavy (non-hydrogen) atoms. The van der Waals surface area contributed by atoms with Gasteiger partial charge in [-0.2, -0.15) is 0 Å². The Kier molecular flexibility index (Phi) is 1.73. The Morgan fingerprint density at radius 3 is 2.78 bits per heavy atom. The Morgan fingerprint density at radius 2 is 2.56 bits per heavy atom. The Balaban J connectivity index is 2.98. The van der Waals surface area contributed by atoms with Gasteiger partial charge in [0.1, 0.15) is 5.03 Å². The Hall–Kier alpha value is -0.550. The molecule has 3 nitrogen and oxygen atoms in total. The predicted molar refractivity (Wildman–Crippen MR) is 36.3 cm³/mol. The zero-order chi connectivity index (χ0) is 6.85. The smallest absolute Gasteiger partial charge is 0.365 e. The number of hydrogen-bond donors (Lipinski definition) is 2. The average Bonchev–Trinajstić information content (AvgIpc) is 2.14. The van der Waals surface area contributed by atoms with Crippen molar-refractivity contribution in [1.29, 1.82) is 0 Å². The summed E-state index contributed by atoms with van der Waals surface area (Å²) >= 11 is 4.91. The van der Waals surface area contributed by atoms with Gasteiger partial charge in [0.15, 0.2) is 0 Å². The lowest BCUT2D eigenvalue weighted by Crippen LogP contribution is -1.93. The highest BCUT2D eigenvalue weighted by Gasteiger charge is 2.05. The minimum atomic E-state index is -1.000. The molecule has 1 rings (SSSR count). The van der Waals surface area contributed by atoms with Gasteiger partial charge in [0, 0.05) is 5.38 Å². The lowest BCUT2D eigenvalue weighted by atomic mass is 10.7. The van der Waals surface area contributed by atoms with Crippen molar-refractivity contribution in [2.24, 2.45) is 0 Å². The number of aromatic nitrogens is 1. The molecule has 0 atom stereocenters. The van der Waals surface area contributed by atoms with Crippen LogP contribution in [0.25, 0.3) is 0 Å². The van der Waals surface area contributed by atoms with Crippen LogP contribution in [-0.4, -0.2) is 16.1 Å². The lowest BCUT2D eigenvalue weighted by Gasteiger charge is -1.78. The normalized spacial score (nSPS) is 9.44. The highest BCUT2D eigenvalue weighted by molar-refractivity contribution is 7.80. The number of rotatable bonds is 1. The summed E-state index contributed by atoms with van der Waals surface area (Å²) < 4.78 is 0. The first kappa shape index (κ1) is 6.57. The van der Waals surface area contributed by atoms with Crippen LogP contribution in [0.1, 0.15) is 9.80 Å². The van der Waals surface area contributed by atoms with Crippen molar-refractivity contribution in [2.75, 3.05) is 0 Å². The standard InChI is InChI=1S/C4H3NO2S2/c6-4(7)3-5-2(8)1-9-3/h1,8H,(H,6,7). The summed E-state index contributed by atoms with van der Waals surface area (Å²) in [6.45, 7) is 0. The average molecular weight is 161 g/mol. The second-order valence-corrected chi connectivity index (χ2v) is 2.63. The molecule has 48 valence electrons.